The molecule has 0 aromatic rings. The van der Waals surface area contributed by atoms with E-state index in [-0.39, 0.29) is 6.09 Å². The average Bonchev–Trinajstić information content (AvgIpc) is 2.39. The molecule has 1 aliphatic heterocycles. The summed E-state index contributed by atoms with van der Waals surface area (Å²) in [6.07, 6.45) is 0.693. The minimum atomic E-state index is -0.923. The Bertz CT molecular complexity index is 245. The molecule has 0 radical (unpaired) electrons. The van der Waals surface area contributed by atoms with Gasteiger partial charge < -0.3 is 14.7 Å². The van der Waals surface area contributed by atoms with E-state index in [0.717, 1.165) is 12.8 Å². The van der Waals surface area contributed by atoms with Crippen molar-refractivity contribution in [3.05, 3.63) is 0 Å². The summed E-state index contributed by atoms with van der Waals surface area (Å²) in [5, 5.41) is 9.21. The first kappa shape index (κ1) is 15.2. The monoisotopic (exact) mass is 262 g/mol. The Hall–Kier alpha value is -0.880. The van der Waals surface area contributed by atoms with E-state index < -0.39 is 12.8 Å². The van der Waals surface area contributed by atoms with Gasteiger partial charge in [0.2, 0.25) is 0 Å². The Morgan fingerprint density at radius 3 is 2.61 bits per heavy atom. The summed E-state index contributed by atoms with van der Waals surface area (Å²) in [5.41, 5.74) is 0. The van der Waals surface area contributed by atoms with Crippen LogP contribution in [0.4, 0.5) is 9.18 Å². The molecule has 1 fully saturated rings. The number of rotatable bonds is 6. The molecular weight excluding hydrogens is 239 g/mol. The SMILES string of the molecule is CCCCOC(=O)N1CCN(CC(O)CF)CC1. The van der Waals surface area contributed by atoms with E-state index in [1.807, 2.05) is 11.8 Å². The van der Waals surface area contributed by atoms with Crippen molar-refractivity contribution in [3.8, 4) is 0 Å². The lowest BCUT2D eigenvalue weighted by atomic mass is 10.3. The van der Waals surface area contributed by atoms with Crippen LogP contribution in [0.3, 0.4) is 0 Å². The zero-order valence-corrected chi connectivity index (χ0v) is 11.0. The Morgan fingerprint density at radius 2 is 2.06 bits per heavy atom. The van der Waals surface area contributed by atoms with Gasteiger partial charge in [0, 0.05) is 32.7 Å². The molecule has 1 amide bonds. The van der Waals surface area contributed by atoms with E-state index in [9.17, 15) is 14.3 Å². The third-order valence-corrected chi connectivity index (χ3v) is 3.00. The molecule has 18 heavy (non-hydrogen) atoms. The average molecular weight is 262 g/mol. The number of unbranched alkanes of at least 4 members (excludes halogenated alkanes) is 1. The standard InChI is InChI=1S/C12H23FN2O3/c1-2-3-8-18-12(17)15-6-4-14(5-7-15)10-11(16)9-13/h11,16H,2-10H2,1H3. The number of nitrogens with zero attached hydrogens (tertiary/aromatic N) is 2. The van der Waals surface area contributed by atoms with Crippen LogP contribution < -0.4 is 0 Å². The van der Waals surface area contributed by atoms with Crippen molar-refractivity contribution in [1.29, 1.82) is 0 Å². The van der Waals surface area contributed by atoms with Crippen molar-refractivity contribution < 1.29 is 19.0 Å². The molecule has 0 saturated carbocycles. The van der Waals surface area contributed by atoms with E-state index in [1.54, 1.807) is 4.90 Å². The fourth-order valence-electron chi connectivity index (χ4n) is 1.85. The lowest BCUT2D eigenvalue weighted by Gasteiger charge is -2.34. The van der Waals surface area contributed by atoms with E-state index >= 15 is 0 Å². The zero-order valence-electron chi connectivity index (χ0n) is 11.0. The number of β-amino-alcohol motifs (C(OH)–C–C–N with tert-alkyl or cyclic N) is 1. The minimum absolute atomic E-state index is 0.269. The van der Waals surface area contributed by atoms with Gasteiger partial charge in [-0.05, 0) is 6.42 Å². The van der Waals surface area contributed by atoms with Crippen LogP contribution in [-0.2, 0) is 4.74 Å². The highest BCUT2D eigenvalue weighted by Gasteiger charge is 2.23. The van der Waals surface area contributed by atoms with E-state index in [4.69, 9.17) is 4.74 Å². The first-order chi connectivity index (χ1) is 8.67. The summed E-state index contributed by atoms with van der Waals surface area (Å²) < 4.78 is 17.3. The summed E-state index contributed by atoms with van der Waals surface area (Å²) in [7, 11) is 0. The van der Waals surface area contributed by atoms with Gasteiger partial charge in [-0.3, -0.25) is 4.90 Å². The Kier molecular flexibility index (Phi) is 6.97. The van der Waals surface area contributed by atoms with Gasteiger partial charge in [0.15, 0.2) is 0 Å². The van der Waals surface area contributed by atoms with Crippen LogP contribution in [0.25, 0.3) is 0 Å². The van der Waals surface area contributed by atoms with Crippen LogP contribution in [0.1, 0.15) is 19.8 Å². The number of aliphatic hydroxyl groups is 1. The molecule has 1 heterocycles. The minimum Gasteiger partial charge on any atom is -0.449 e. The topological polar surface area (TPSA) is 53.0 Å². The molecule has 1 unspecified atom stereocenters. The molecule has 1 N–H and O–H groups in total. The second-order valence-corrected chi connectivity index (χ2v) is 4.56. The van der Waals surface area contributed by atoms with Gasteiger partial charge in [0.25, 0.3) is 0 Å². The number of ether oxygens (including phenoxy) is 1. The summed E-state index contributed by atoms with van der Waals surface area (Å²) in [5.74, 6) is 0. The van der Waals surface area contributed by atoms with Crippen molar-refractivity contribution in [2.24, 2.45) is 0 Å². The smallest absolute Gasteiger partial charge is 0.409 e. The first-order valence-electron chi connectivity index (χ1n) is 6.55. The van der Waals surface area contributed by atoms with Crippen LogP contribution in [0, 0.1) is 0 Å². The number of alkyl halides is 1. The Morgan fingerprint density at radius 1 is 1.39 bits per heavy atom. The molecule has 0 bridgehead atoms. The first-order valence-corrected chi connectivity index (χ1v) is 6.55. The van der Waals surface area contributed by atoms with E-state index in [1.165, 1.54) is 0 Å². The van der Waals surface area contributed by atoms with Crippen LogP contribution in [-0.4, -0.2) is 73.1 Å². The lowest BCUT2D eigenvalue weighted by molar-refractivity contribution is 0.0487. The maximum Gasteiger partial charge on any atom is 0.409 e. The molecule has 106 valence electrons. The lowest BCUT2D eigenvalue weighted by Crippen LogP contribution is -2.50. The second-order valence-electron chi connectivity index (χ2n) is 4.56. The fourth-order valence-corrected chi connectivity index (χ4v) is 1.85. The number of halogens is 1. The van der Waals surface area contributed by atoms with Crippen molar-refractivity contribution in [1.82, 2.24) is 9.80 Å². The summed E-state index contributed by atoms with van der Waals surface area (Å²) in [6.45, 7) is 4.57. The van der Waals surface area contributed by atoms with Crippen molar-refractivity contribution >= 4 is 6.09 Å². The quantitative estimate of drug-likeness (QED) is 0.722. The van der Waals surface area contributed by atoms with E-state index in [0.29, 0.717) is 39.3 Å². The third kappa shape index (κ3) is 5.18. The number of piperazine rings is 1. The molecule has 0 aromatic heterocycles. The predicted octanol–water partition coefficient (Wildman–Crippen LogP) is 0.871. The van der Waals surface area contributed by atoms with Gasteiger partial charge in [-0.1, -0.05) is 13.3 Å². The second kappa shape index (κ2) is 8.26. The zero-order chi connectivity index (χ0) is 13.4. The number of carbonyl (C=O) groups excluding carboxylic acids is 1. The Balaban J connectivity index is 2.20. The fraction of sp³-hybridized carbons (Fsp3) is 0.917. The highest BCUT2D eigenvalue weighted by atomic mass is 19.1. The largest absolute Gasteiger partial charge is 0.449 e. The molecule has 0 aliphatic carbocycles. The molecule has 0 spiro atoms. The van der Waals surface area contributed by atoms with Crippen molar-refractivity contribution in [2.45, 2.75) is 25.9 Å². The number of aliphatic hydroxyl groups excluding tert-OH is 1. The van der Waals surface area contributed by atoms with Gasteiger partial charge in [-0.15, -0.1) is 0 Å². The summed E-state index contributed by atoms with van der Waals surface area (Å²) >= 11 is 0. The van der Waals surface area contributed by atoms with Crippen LogP contribution in [0.2, 0.25) is 0 Å². The molecule has 1 aliphatic rings. The van der Waals surface area contributed by atoms with Gasteiger partial charge in [-0.2, -0.15) is 0 Å². The number of hydrogen-bond donors (Lipinski definition) is 1. The highest BCUT2D eigenvalue weighted by molar-refractivity contribution is 5.67. The van der Waals surface area contributed by atoms with E-state index in [2.05, 4.69) is 0 Å². The highest BCUT2D eigenvalue weighted by Crippen LogP contribution is 2.05. The van der Waals surface area contributed by atoms with Gasteiger partial charge in [0.1, 0.15) is 6.67 Å². The molecule has 1 atom stereocenters. The van der Waals surface area contributed by atoms with Crippen molar-refractivity contribution in [2.75, 3.05) is 46.0 Å². The normalized spacial score (nSPS) is 18.7. The number of carbonyl (C=O) groups is 1. The molecule has 5 nitrogen and oxygen atoms in total. The van der Waals surface area contributed by atoms with Gasteiger partial charge >= 0.3 is 6.09 Å². The third-order valence-electron chi connectivity index (χ3n) is 3.00. The summed E-state index contributed by atoms with van der Waals surface area (Å²) in [6, 6.07) is 0. The molecule has 1 rings (SSSR count). The number of amides is 1. The number of hydrogen-bond acceptors (Lipinski definition) is 4. The molecule has 6 heteroatoms. The maximum atomic E-state index is 12.2. The molecular formula is C12H23FN2O3. The van der Waals surface area contributed by atoms with Gasteiger partial charge in [-0.25, -0.2) is 9.18 Å². The van der Waals surface area contributed by atoms with Crippen LogP contribution in [0.5, 0.6) is 0 Å². The molecule has 1 saturated heterocycles. The van der Waals surface area contributed by atoms with Crippen LogP contribution >= 0.6 is 0 Å². The Labute approximate surface area is 108 Å². The maximum absolute atomic E-state index is 12.2. The van der Waals surface area contributed by atoms with Crippen LogP contribution in [0.15, 0.2) is 0 Å². The van der Waals surface area contributed by atoms with Crippen molar-refractivity contribution in [3.63, 3.8) is 0 Å². The predicted molar refractivity (Wildman–Crippen MR) is 66.3 cm³/mol. The molecule has 0 aromatic carbocycles. The van der Waals surface area contributed by atoms with Gasteiger partial charge in [0.05, 0.1) is 12.7 Å². The summed E-state index contributed by atoms with van der Waals surface area (Å²) in [4.78, 5) is 15.3.